The molecule has 0 amide bonds. The third kappa shape index (κ3) is 50.5. The summed E-state index contributed by atoms with van der Waals surface area (Å²) in [5.41, 5.74) is 0. The van der Waals surface area contributed by atoms with Crippen LogP contribution in [0.3, 0.4) is 0 Å². The number of allylic oxidation sites excluding steroid dienone is 6. The van der Waals surface area contributed by atoms with Gasteiger partial charge in [0.05, 0.1) is 0 Å². The number of carbonyl (C=O) groups excluding carboxylic acids is 3. The second-order valence-electron chi connectivity index (χ2n) is 18.5. The van der Waals surface area contributed by atoms with Crippen molar-refractivity contribution in [3.63, 3.8) is 0 Å². The number of rotatable bonds is 50. The summed E-state index contributed by atoms with van der Waals surface area (Å²) in [7, 11) is 0. The summed E-state index contributed by atoms with van der Waals surface area (Å²) >= 11 is 0. The van der Waals surface area contributed by atoms with Crippen molar-refractivity contribution < 1.29 is 28.6 Å². The van der Waals surface area contributed by atoms with Crippen molar-refractivity contribution in [1.82, 2.24) is 0 Å². The van der Waals surface area contributed by atoms with E-state index < -0.39 is 6.10 Å². The van der Waals surface area contributed by atoms with Crippen molar-refractivity contribution in [2.24, 2.45) is 0 Å². The van der Waals surface area contributed by atoms with Gasteiger partial charge < -0.3 is 14.2 Å². The molecule has 0 aliphatic rings. The number of unbranched alkanes of at least 4 members (excludes halogenated alkanes) is 33. The monoisotopic (exact) mass is 903 g/mol. The van der Waals surface area contributed by atoms with Crippen LogP contribution in [0.15, 0.2) is 36.5 Å². The Hall–Kier alpha value is -2.37. The predicted octanol–water partition coefficient (Wildman–Crippen LogP) is 18.1. The lowest BCUT2D eigenvalue weighted by Gasteiger charge is -2.18. The Bertz CT molecular complexity index is 1010. The third-order valence-corrected chi connectivity index (χ3v) is 12.1. The van der Waals surface area contributed by atoms with E-state index in [0.717, 1.165) is 77.0 Å². The van der Waals surface area contributed by atoms with Gasteiger partial charge in [-0.2, -0.15) is 0 Å². The topological polar surface area (TPSA) is 78.9 Å². The van der Waals surface area contributed by atoms with Crippen LogP contribution in [0.4, 0.5) is 0 Å². The number of ether oxygens (including phenoxy) is 3. The molecule has 0 saturated carbocycles. The lowest BCUT2D eigenvalue weighted by molar-refractivity contribution is -0.167. The lowest BCUT2D eigenvalue weighted by atomic mass is 10.1. The molecule has 0 aliphatic heterocycles. The number of hydrogen-bond donors (Lipinski definition) is 0. The van der Waals surface area contributed by atoms with Crippen molar-refractivity contribution in [3.05, 3.63) is 36.5 Å². The summed E-state index contributed by atoms with van der Waals surface area (Å²) < 4.78 is 16.8. The minimum atomic E-state index is -0.781. The Kier molecular flexibility index (Phi) is 50.3. The summed E-state index contributed by atoms with van der Waals surface area (Å²) in [5, 5.41) is 0. The van der Waals surface area contributed by atoms with Gasteiger partial charge in [-0.15, -0.1) is 0 Å². The van der Waals surface area contributed by atoms with Gasteiger partial charge in [0.25, 0.3) is 0 Å². The standard InChI is InChI=1S/C57H104O6/c1-4-7-10-13-16-19-22-25-28-31-34-37-40-43-46-49-55(58)61-52-54(63-57(60)51-48-45-42-39-36-33-30-27-24-21-18-15-12-9-6-3)53-62-56(59)50-47-44-41-38-35-32-29-26-23-20-17-14-11-8-5-2/h25-30,54H,4-24,31-53H2,1-3H3/b28-25+,29-26+,30-27+/i1+1,4+1,7+1,10+1,13+1,16+1,19+1,22+1,25+1,28+1,31+1,34+1,37+1,40+1,43+1,46+1,49+1,55+1. The van der Waals surface area contributed by atoms with E-state index in [1.54, 1.807) is 0 Å². The molecule has 1 atom stereocenters. The van der Waals surface area contributed by atoms with Crippen molar-refractivity contribution in [2.75, 3.05) is 13.2 Å². The summed E-state index contributed by atoms with van der Waals surface area (Å²) in [6, 6.07) is 0. The zero-order valence-electron chi connectivity index (χ0n) is 42.1. The van der Waals surface area contributed by atoms with Crippen molar-refractivity contribution in [2.45, 2.75) is 297 Å². The minimum Gasteiger partial charge on any atom is -0.462 e. The van der Waals surface area contributed by atoms with Gasteiger partial charge in [-0.3, -0.25) is 14.4 Å². The summed E-state index contributed by atoms with van der Waals surface area (Å²) in [6.07, 6.45) is 61.2. The Morgan fingerprint density at radius 2 is 0.524 bits per heavy atom. The van der Waals surface area contributed by atoms with E-state index in [-0.39, 0.29) is 31.1 Å². The predicted molar refractivity (Wildman–Crippen MR) is 270 cm³/mol. The molecule has 0 rings (SSSR count). The van der Waals surface area contributed by atoms with Crippen LogP contribution in [0.5, 0.6) is 0 Å². The van der Waals surface area contributed by atoms with Crippen molar-refractivity contribution in [3.8, 4) is 0 Å². The SMILES string of the molecule is CCCCCCCC/C=C/CCCCCCCC(=O)OCC(CO[13C](=O)[13CH2][13CH2][13CH2][13CH2][13CH2][13CH2][13CH2]/[13CH]=[13CH]/[13CH2][13CH2][13CH2][13CH2][13CH2][13CH2][13CH2][13CH3])OC(=O)CCCCCCC/C=C/CCCCCCCC. The summed E-state index contributed by atoms with van der Waals surface area (Å²) in [6.45, 7) is 6.63. The molecule has 0 heterocycles. The summed E-state index contributed by atoms with van der Waals surface area (Å²) in [4.78, 5) is 38.0. The maximum absolute atomic E-state index is 12.8. The Morgan fingerprint density at radius 3 is 0.794 bits per heavy atom. The van der Waals surface area contributed by atoms with Crippen LogP contribution in [-0.4, -0.2) is 37.2 Å². The van der Waals surface area contributed by atoms with Gasteiger partial charge in [0, 0.05) is 19.3 Å². The molecule has 6 nitrogen and oxygen atoms in total. The molecule has 0 aromatic heterocycles. The van der Waals surface area contributed by atoms with E-state index in [4.69, 9.17) is 14.2 Å². The number of esters is 3. The van der Waals surface area contributed by atoms with Crippen LogP contribution in [0.25, 0.3) is 0 Å². The third-order valence-electron chi connectivity index (χ3n) is 12.1. The Morgan fingerprint density at radius 1 is 0.302 bits per heavy atom. The molecule has 368 valence electrons. The second kappa shape index (κ2) is 52.3. The van der Waals surface area contributed by atoms with Crippen LogP contribution in [0, 0.1) is 0 Å². The van der Waals surface area contributed by atoms with Crippen molar-refractivity contribution in [1.29, 1.82) is 0 Å². The molecular formula is C57H104O6. The molecule has 0 spiro atoms. The highest BCUT2D eigenvalue weighted by Gasteiger charge is 2.19. The van der Waals surface area contributed by atoms with Gasteiger partial charge >= 0.3 is 17.9 Å². The average Bonchev–Trinajstić information content (AvgIpc) is 3.28. The molecule has 0 fully saturated rings. The highest BCUT2D eigenvalue weighted by molar-refractivity contribution is 5.71. The van der Waals surface area contributed by atoms with Crippen LogP contribution in [0.2, 0.25) is 0 Å². The molecule has 63 heavy (non-hydrogen) atoms. The van der Waals surface area contributed by atoms with E-state index in [0.29, 0.717) is 19.3 Å². The number of carbonyl (C=O) groups is 3. The molecule has 0 radical (unpaired) electrons. The molecule has 0 bridgehead atoms. The van der Waals surface area contributed by atoms with E-state index in [9.17, 15) is 14.4 Å². The fraction of sp³-hybridized carbons (Fsp3) is 0.842. The largest absolute Gasteiger partial charge is 0.462 e. The molecule has 0 N–H and O–H groups in total. The maximum Gasteiger partial charge on any atom is 0.306 e. The van der Waals surface area contributed by atoms with Gasteiger partial charge in [0.1, 0.15) is 13.2 Å². The van der Waals surface area contributed by atoms with Crippen LogP contribution in [-0.2, 0) is 28.6 Å². The minimum absolute atomic E-state index is 0.0806. The van der Waals surface area contributed by atoms with E-state index >= 15 is 0 Å². The van der Waals surface area contributed by atoms with E-state index in [2.05, 4.69) is 57.2 Å². The molecule has 0 aromatic carbocycles. The van der Waals surface area contributed by atoms with Crippen LogP contribution in [0.1, 0.15) is 290 Å². The maximum atomic E-state index is 12.8. The lowest BCUT2D eigenvalue weighted by Crippen LogP contribution is -2.30. The molecule has 6 heteroatoms. The molecule has 0 aromatic rings. The van der Waals surface area contributed by atoms with Gasteiger partial charge in [-0.05, 0) is 96.3 Å². The first-order chi connectivity index (χ1) is 31.0. The first-order valence-electron chi connectivity index (χ1n) is 27.5. The second-order valence-corrected chi connectivity index (χ2v) is 18.5. The number of hydrogen-bond acceptors (Lipinski definition) is 6. The molecule has 0 aliphatic carbocycles. The summed E-state index contributed by atoms with van der Waals surface area (Å²) in [5.74, 6) is -0.893. The van der Waals surface area contributed by atoms with Crippen LogP contribution < -0.4 is 0 Å². The normalized spacial score (nSPS) is 12.2. The molecule has 0 saturated heterocycles. The van der Waals surface area contributed by atoms with Gasteiger partial charge in [0.2, 0.25) is 0 Å². The first kappa shape index (κ1) is 60.6. The Labute approximate surface area is 391 Å². The molecular weight excluding hydrogens is 798 g/mol. The van der Waals surface area contributed by atoms with Gasteiger partial charge in [0.15, 0.2) is 6.10 Å². The van der Waals surface area contributed by atoms with Gasteiger partial charge in [-0.25, -0.2) is 0 Å². The average molecular weight is 903 g/mol. The fourth-order valence-electron chi connectivity index (χ4n) is 7.90. The van der Waals surface area contributed by atoms with Gasteiger partial charge in [-0.1, -0.05) is 211 Å². The zero-order chi connectivity index (χ0) is 45.8. The highest BCUT2D eigenvalue weighted by atomic mass is 16.6. The zero-order valence-corrected chi connectivity index (χ0v) is 42.1. The molecule has 1 unspecified atom stereocenters. The first-order valence-corrected chi connectivity index (χ1v) is 27.5. The van der Waals surface area contributed by atoms with E-state index in [1.807, 2.05) is 0 Å². The van der Waals surface area contributed by atoms with E-state index in [1.165, 1.54) is 173 Å². The quantitative estimate of drug-likeness (QED) is 0.0199. The smallest absolute Gasteiger partial charge is 0.306 e. The van der Waals surface area contributed by atoms with Crippen LogP contribution >= 0.6 is 0 Å². The fourth-order valence-corrected chi connectivity index (χ4v) is 7.90. The Balaban J connectivity index is 4.39. The highest BCUT2D eigenvalue weighted by Crippen LogP contribution is 2.15. The van der Waals surface area contributed by atoms with Crippen molar-refractivity contribution >= 4 is 17.9 Å².